The Hall–Kier alpha value is -1.66. The minimum Gasteiger partial charge on any atom is -0.348 e. The Morgan fingerprint density at radius 3 is 2.55 bits per heavy atom. The van der Waals surface area contributed by atoms with Gasteiger partial charge in [0.25, 0.3) is 5.69 Å². The molecular weight excluding hydrogens is 282 g/mol. The van der Waals surface area contributed by atoms with Crippen LogP contribution in [0.4, 0.5) is 5.69 Å². The van der Waals surface area contributed by atoms with Crippen molar-refractivity contribution in [1.82, 2.24) is 9.80 Å². The Labute approximate surface area is 123 Å². The second-order valence-corrected chi connectivity index (χ2v) is 5.03. The average molecular weight is 300 g/mol. The molecule has 20 heavy (non-hydrogen) atoms. The molecule has 0 aliphatic carbocycles. The zero-order chi connectivity index (χ0) is 15.3. The van der Waals surface area contributed by atoms with Gasteiger partial charge in [-0.15, -0.1) is 0 Å². The minimum atomic E-state index is -0.457. The van der Waals surface area contributed by atoms with E-state index in [0.717, 1.165) is 0 Å². The molecule has 6 nitrogen and oxygen atoms in total. The highest BCUT2D eigenvalue weighted by Gasteiger charge is 2.15. The molecular formula is C13H18ClN3O3. The molecule has 0 atom stereocenters. The van der Waals surface area contributed by atoms with Gasteiger partial charge in [0.2, 0.25) is 5.91 Å². The number of benzene rings is 1. The summed E-state index contributed by atoms with van der Waals surface area (Å²) in [7, 11) is 3.38. The third-order valence-corrected chi connectivity index (χ3v) is 3.31. The van der Waals surface area contributed by atoms with Crippen molar-refractivity contribution in [3.63, 3.8) is 0 Å². The fourth-order valence-corrected chi connectivity index (χ4v) is 1.83. The topological polar surface area (TPSA) is 66.7 Å². The molecule has 1 amide bonds. The number of hydrogen-bond acceptors (Lipinski definition) is 4. The number of likely N-dealkylation sites (N-methyl/N-ethyl adjacent to an activating group) is 2. The number of nitro groups is 1. The highest BCUT2D eigenvalue weighted by Crippen LogP contribution is 2.23. The fraction of sp³-hybridized carbons (Fsp3) is 0.462. The maximum absolute atomic E-state index is 11.7. The van der Waals surface area contributed by atoms with Gasteiger partial charge in [-0.3, -0.25) is 19.8 Å². The van der Waals surface area contributed by atoms with Crippen molar-refractivity contribution >= 4 is 23.2 Å². The Kier molecular flexibility index (Phi) is 5.91. The van der Waals surface area contributed by atoms with Crippen LogP contribution >= 0.6 is 11.6 Å². The van der Waals surface area contributed by atoms with Crippen LogP contribution in [0.3, 0.4) is 0 Å². The van der Waals surface area contributed by atoms with Gasteiger partial charge < -0.3 is 4.90 Å². The molecule has 110 valence electrons. The Bertz CT molecular complexity index is 506. The number of nitrogens with zero attached hydrogens (tertiary/aromatic N) is 3. The van der Waals surface area contributed by atoms with E-state index >= 15 is 0 Å². The molecule has 1 aromatic carbocycles. The Morgan fingerprint density at radius 1 is 1.40 bits per heavy atom. The molecule has 0 aliphatic heterocycles. The highest BCUT2D eigenvalue weighted by atomic mass is 35.5. The Balaban J connectivity index is 2.86. The van der Waals surface area contributed by atoms with E-state index in [1.165, 1.54) is 23.1 Å². The second kappa shape index (κ2) is 7.21. The van der Waals surface area contributed by atoms with Crippen LogP contribution in [0.1, 0.15) is 12.5 Å². The number of hydrogen-bond donors (Lipinski definition) is 0. The van der Waals surface area contributed by atoms with Crippen molar-refractivity contribution in [2.75, 3.05) is 27.2 Å². The van der Waals surface area contributed by atoms with E-state index < -0.39 is 4.92 Å². The van der Waals surface area contributed by atoms with Gasteiger partial charge in [0.05, 0.1) is 11.5 Å². The van der Waals surface area contributed by atoms with Crippen molar-refractivity contribution in [1.29, 1.82) is 0 Å². The second-order valence-electron chi connectivity index (χ2n) is 4.62. The van der Waals surface area contributed by atoms with Gasteiger partial charge >= 0.3 is 0 Å². The van der Waals surface area contributed by atoms with E-state index in [2.05, 4.69) is 0 Å². The van der Waals surface area contributed by atoms with Crippen LogP contribution in [0.2, 0.25) is 5.02 Å². The van der Waals surface area contributed by atoms with Gasteiger partial charge in [0.15, 0.2) is 0 Å². The van der Waals surface area contributed by atoms with Gasteiger partial charge in [-0.05, 0) is 18.2 Å². The van der Waals surface area contributed by atoms with Crippen LogP contribution in [-0.2, 0) is 11.3 Å². The first-order valence-corrected chi connectivity index (χ1v) is 6.58. The average Bonchev–Trinajstić information content (AvgIpc) is 2.39. The molecule has 1 rings (SSSR count). The number of amides is 1. The number of nitro benzene ring substituents is 1. The van der Waals surface area contributed by atoms with Crippen LogP contribution in [0, 0.1) is 10.1 Å². The molecule has 0 radical (unpaired) electrons. The van der Waals surface area contributed by atoms with E-state index in [4.69, 9.17) is 11.6 Å². The zero-order valence-corrected chi connectivity index (χ0v) is 12.6. The normalized spacial score (nSPS) is 10.7. The molecule has 7 heteroatoms. The largest absolute Gasteiger partial charge is 0.348 e. The molecule has 0 saturated carbocycles. The molecule has 0 aromatic heterocycles. The van der Waals surface area contributed by atoms with Gasteiger partial charge in [0.1, 0.15) is 0 Å². The zero-order valence-electron chi connectivity index (χ0n) is 11.8. The highest BCUT2D eigenvalue weighted by molar-refractivity contribution is 6.31. The van der Waals surface area contributed by atoms with E-state index in [1.54, 1.807) is 14.1 Å². The number of rotatable bonds is 6. The van der Waals surface area contributed by atoms with Crippen LogP contribution in [0.25, 0.3) is 0 Å². The lowest BCUT2D eigenvalue weighted by Crippen LogP contribution is -2.36. The summed E-state index contributed by atoms with van der Waals surface area (Å²) in [6.45, 7) is 3.23. The summed E-state index contributed by atoms with van der Waals surface area (Å²) < 4.78 is 0. The molecule has 0 unspecified atom stereocenters. The number of carbonyl (C=O) groups excluding carboxylic acids is 1. The molecule has 0 saturated heterocycles. The van der Waals surface area contributed by atoms with Crippen LogP contribution < -0.4 is 0 Å². The standard InChI is InChI=1S/C13H18ClN3O3/c1-4-16(9-13(18)15(2)3)8-10-7-11(17(19)20)5-6-12(10)14/h5-7H,4,8-9H2,1-3H3. The maximum atomic E-state index is 11.7. The molecule has 0 aliphatic rings. The number of non-ortho nitro benzene ring substituents is 1. The van der Waals surface area contributed by atoms with E-state index in [-0.39, 0.29) is 18.1 Å². The van der Waals surface area contributed by atoms with Crippen LogP contribution in [0.15, 0.2) is 18.2 Å². The van der Waals surface area contributed by atoms with E-state index in [0.29, 0.717) is 23.7 Å². The smallest absolute Gasteiger partial charge is 0.269 e. The molecule has 0 fully saturated rings. The maximum Gasteiger partial charge on any atom is 0.269 e. The van der Waals surface area contributed by atoms with Crippen molar-refractivity contribution in [3.8, 4) is 0 Å². The third-order valence-electron chi connectivity index (χ3n) is 2.94. The summed E-state index contributed by atoms with van der Waals surface area (Å²) in [6.07, 6.45) is 0. The van der Waals surface area contributed by atoms with Gasteiger partial charge in [0, 0.05) is 37.8 Å². The molecule has 1 aromatic rings. The molecule has 0 N–H and O–H groups in total. The molecule has 0 heterocycles. The van der Waals surface area contributed by atoms with Crippen LogP contribution in [0.5, 0.6) is 0 Å². The fourth-order valence-electron chi connectivity index (χ4n) is 1.65. The SMILES string of the molecule is CCN(CC(=O)N(C)C)Cc1cc([N+](=O)[O-])ccc1Cl. The van der Waals surface area contributed by atoms with Gasteiger partial charge in [-0.25, -0.2) is 0 Å². The first kappa shape index (κ1) is 16.4. The van der Waals surface area contributed by atoms with Crippen molar-refractivity contribution < 1.29 is 9.72 Å². The lowest BCUT2D eigenvalue weighted by atomic mass is 10.2. The molecule has 0 bridgehead atoms. The summed E-state index contributed by atoms with van der Waals surface area (Å²) >= 11 is 6.06. The molecule has 0 spiro atoms. The predicted molar refractivity (Wildman–Crippen MR) is 77.8 cm³/mol. The number of halogens is 1. The van der Waals surface area contributed by atoms with Crippen LogP contribution in [-0.4, -0.2) is 47.8 Å². The lowest BCUT2D eigenvalue weighted by molar-refractivity contribution is -0.384. The quantitative estimate of drug-likeness (QED) is 0.596. The van der Waals surface area contributed by atoms with E-state index in [1.807, 2.05) is 11.8 Å². The number of carbonyl (C=O) groups is 1. The van der Waals surface area contributed by atoms with Crippen molar-refractivity contribution in [3.05, 3.63) is 38.9 Å². The summed E-state index contributed by atoms with van der Waals surface area (Å²) in [5.41, 5.74) is 0.647. The minimum absolute atomic E-state index is 0.000566. The summed E-state index contributed by atoms with van der Waals surface area (Å²) in [4.78, 5) is 25.4. The predicted octanol–water partition coefficient (Wildman–Crippen LogP) is 2.16. The first-order valence-electron chi connectivity index (χ1n) is 6.20. The van der Waals surface area contributed by atoms with Gasteiger partial charge in [-0.2, -0.15) is 0 Å². The van der Waals surface area contributed by atoms with Crippen molar-refractivity contribution in [2.45, 2.75) is 13.5 Å². The monoisotopic (exact) mass is 299 g/mol. The summed E-state index contributed by atoms with van der Waals surface area (Å²) in [6, 6.07) is 4.33. The van der Waals surface area contributed by atoms with Crippen molar-refractivity contribution in [2.24, 2.45) is 0 Å². The van der Waals surface area contributed by atoms with E-state index in [9.17, 15) is 14.9 Å². The third kappa shape index (κ3) is 4.47. The lowest BCUT2D eigenvalue weighted by Gasteiger charge is -2.22. The summed E-state index contributed by atoms with van der Waals surface area (Å²) in [5.74, 6) is -0.0200. The first-order chi connectivity index (χ1) is 9.35. The Morgan fingerprint density at radius 2 is 2.05 bits per heavy atom. The summed E-state index contributed by atoms with van der Waals surface area (Å²) in [5, 5.41) is 11.2. The van der Waals surface area contributed by atoms with Gasteiger partial charge in [-0.1, -0.05) is 18.5 Å².